The predicted molar refractivity (Wildman–Crippen MR) is 94.0 cm³/mol. The molecule has 0 saturated heterocycles. The highest BCUT2D eigenvalue weighted by molar-refractivity contribution is 9.10. The normalized spacial score (nSPS) is 10.2. The van der Waals surface area contributed by atoms with Gasteiger partial charge in [0.05, 0.1) is 18.7 Å². The predicted octanol–water partition coefficient (Wildman–Crippen LogP) is 4.47. The van der Waals surface area contributed by atoms with Gasteiger partial charge in [0.15, 0.2) is 0 Å². The van der Waals surface area contributed by atoms with Gasteiger partial charge in [-0.1, -0.05) is 27.5 Å². The maximum Gasteiger partial charge on any atom is 0.243 e. The van der Waals surface area contributed by atoms with E-state index in [1.165, 1.54) is 0 Å². The topological polar surface area (TPSA) is 50.4 Å². The van der Waals surface area contributed by atoms with Gasteiger partial charge in [-0.2, -0.15) is 0 Å². The lowest BCUT2D eigenvalue weighted by atomic mass is 10.2. The van der Waals surface area contributed by atoms with Gasteiger partial charge in [-0.05, 0) is 48.9 Å². The van der Waals surface area contributed by atoms with Gasteiger partial charge in [0.1, 0.15) is 5.75 Å². The quantitative estimate of drug-likeness (QED) is 0.801. The molecule has 6 heteroatoms. The first-order valence-corrected chi connectivity index (χ1v) is 7.80. The summed E-state index contributed by atoms with van der Waals surface area (Å²) in [5, 5.41) is 6.35. The Labute approximate surface area is 142 Å². The van der Waals surface area contributed by atoms with Crippen LogP contribution in [0.5, 0.6) is 5.75 Å². The van der Waals surface area contributed by atoms with Gasteiger partial charge in [0, 0.05) is 15.8 Å². The lowest BCUT2D eigenvalue weighted by Gasteiger charge is -2.11. The first kappa shape index (κ1) is 16.6. The largest absolute Gasteiger partial charge is 0.495 e. The second-order valence-electron chi connectivity index (χ2n) is 4.71. The summed E-state index contributed by atoms with van der Waals surface area (Å²) in [6.07, 6.45) is 0. The van der Waals surface area contributed by atoms with Gasteiger partial charge in [0.25, 0.3) is 0 Å². The van der Waals surface area contributed by atoms with Crippen molar-refractivity contribution in [2.75, 3.05) is 24.3 Å². The van der Waals surface area contributed by atoms with Crippen molar-refractivity contribution in [1.82, 2.24) is 0 Å². The molecular formula is C16H16BrClN2O2. The zero-order chi connectivity index (χ0) is 16.1. The number of rotatable bonds is 5. The number of ether oxygens (including phenoxy) is 1. The molecule has 116 valence electrons. The highest BCUT2D eigenvalue weighted by atomic mass is 79.9. The van der Waals surface area contributed by atoms with Crippen LogP contribution in [0.15, 0.2) is 40.9 Å². The van der Waals surface area contributed by atoms with E-state index in [4.69, 9.17) is 16.3 Å². The van der Waals surface area contributed by atoms with E-state index in [9.17, 15) is 4.79 Å². The molecule has 0 aliphatic heterocycles. The molecule has 2 N–H and O–H groups in total. The van der Waals surface area contributed by atoms with Crippen LogP contribution in [0.1, 0.15) is 5.56 Å². The first-order chi connectivity index (χ1) is 10.5. The molecule has 0 heterocycles. The van der Waals surface area contributed by atoms with Crippen LogP contribution in [0.3, 0.4) is 0 Å². The van der Waals surface area contributed by atoms with Crippen molar-refractivity contribution in [3.8, 4) is 5.75 Å². The van der Waals surface area contributed by atoms with Gasteiger partial charge in [-0.25, -0.2) is 0 Å². The van der Waals surface area contributed by atoms with Crippen molar-refractivity contribution in [2.45, 2.75) is 6.92 Å². The number of carbonyl (C=O) groups excluding carboxylic acids is 1. The smallest absolute Gasteiger partial charge is 0.243 e. The first-order valence-electron chi connectivity index (χ1n) is 6.63. The van der Waals surface area contributed by atoms with Crippen LogP contribution in [0.25, 0.3) is 0 Å². The number of hydrogen-bond donors (Lipinski definition) is 2. The van der Waals surface area contributed by atoms with Gasteiger partial charge >= 0.3 is 0 Å². The zero-order valence-electron chi connectivity index (χ0n) is 12.2. The molecule has 1 amide bonds. The lowest BCUT2D eigenvalue weighted by molar-refractivity contribution is -0.114. The Hall–Kier alpha value is -1.72. The van der Waals surface area contributed by atoms with E-state index in [2.05, 4.69) is 26.6 Å². The van der Waals surface area contributed by atoms with Gasteiger partial charge in [-0.15, -0.1) is 0 Å². The number of carbonyl (C=O) groups is 1. The average Bonchev–Trinajstić information content (AvgIpc) is 2.46. The number of anilines is 2. The molecule has 22 heavy (non-hydrogen) atoms. The van der Waals surface area contributed by atoms with Crippen LogP contribution in [-0.2, 0) is 4.79 Å². The van der Waals surface area contributed by atoms with E-state index in [0.717, 1.165) is 15.7 Å². The van der Waals surface area contributed by atoms with E-state index >= 15 is 0 Å². The number of amides is 1. The summed E-state index contributed by atoms with van der Waals surface area (Å²) in [6, 6.07) is 11.0. The minimum Gasteiger partial charge on any atom is -0.495 e. The number of hydrogen-bond acceptors (Lipinski definition) is 3. The monoisotopic (exact) mass is 382 g/mol. The Morgan fingerprint density at radius 1 is 1.27 bits per heavy atom. The SMILES string of the molecule is COc1ccc(NC(=O)CNc2ccc(Br)cc2C)cc1Cl. The Morgan fingerprint density at radius 2 is 2.05 bits per heavy atom. The molecule has 2 rings (SSSR count). The molecule has 0 unspecified atom stereocenters. The second kappa shape index (κ2) is 7.51. The Kier molecular flexibility index (Phi) is 5.69. The van der Waals surface area contributed by atoms with E-state index in [-0.39, 0.29) is 12.5 Å². The van der Waals surface area contributed by atoms with Gasteiger partial charge in [0.2, 0.25) is 5.91 Å². The fraction of sp³-hybridized carbons (Fsp3) is 0.188. The van der Waals surface area contributed by atoms with E-state index in [1.54, 1.807) is 25.3 Å². The molecule has 0 radical (unpaired) electrons. The van der Waals surface area contributed by atoms with Crippen molar-refractivity contribution in [2.24, 2.45) is 0 Å². The highest BCUT2D eigenvalue weighted by Gasteiger charge is 2.06. The summed E-state index contributed by atoms with van der Waals surface area (Å²) >= 11 is 9.43. The summed E-state index contributed by atoms with van der Waals surface area (Å²) in [7, 11) is 1.55. The molecule has 0 aliphatic rings. The molecule has 0 aromatic heterocycles. The Morgan fingerprint density at radius 3 is 2.68 bits per heavy atom. The van der Waals surface area contributed by atoms with Crippen LogP contribution in [-0.4, -0.2) is 19.6 Å². The maximum atomic E-state index is 12.0. The highest BCUT2D eigenvalue weighted by Crippen LogP contribution is 2.27. The standard InChI is InChI=1S/C16H16BrClN2O2/c1-10-7-11(17)3-5-14(10)19-9-16(21)20-12-4-6-15(22-2)13(18)8-12/h3-8,19H,9H2,1-2H3,(H,20,21). The summed E-state index contributed by atoms with van der Waals surface area (Å²) < 4.78 is 6.08. The Bertz CT molecular complexity index is 692. The molecule has 2 aromatic rings. The average molecular weight is 384 g/mol. The molecule has 0 fully saturated rings. The molecular weight excluding hydrogens is 368 g/mol. The van der Waals surface area contributed by atoms with Crippen molar-refractivity contribution in [1.29, 1.82) is 0 Å². The lowest BCUT2D eigenvalue weighted by Crippen LogP contribution is -2.22. The van der Waals surface area contributed by atoms with Gasteiger partial charge in [-0.3, -0.25) is 4.79 Å². The van der Waals surface area contributed by atoms with Gasteiger partial charge < -0.3 is 15.4 Å². The van der Waals surface area contributed by atoms with Crippen LogP contribution in [0, 0.1) is 6.92 Å². The summed E-state index contributed by atoms with van der Waals surface area (Å²) in [5.41, 5.74) is 2.62. The van der Waals surface area contributed by atoms with E-state index in [1.807, 2.05) is 25.1 Å². The maximum absolute atomic E-state index is 12.0. The Balaban J connectivity index is 1.94. The van der Waals surface area contributed by atoms with Crippen LogP contribution in [0.4, 0.5) is 11.4 Å². The summed E-state index contributed by atoms with van der Waals surface area (Å²) in [6.45, 7) is 2.15. The molecule has 0 spiro atoms. The fourth-order valence-corrected chi connectivity index (χ4v) is 2.68. The third kappa shape index (κ3) is 4.39. The number of benzene rings is 2. The number of aryl methyl sites for hydroxylation is 1. The van der Waals surface area contributed by atoms with Crippen molar-refractivity contribution in [3.63, 3.8) is 0 Å². The second-order valence-corrected chi connectivity index (χ2v) is 6.03. The molecule has 0 aliphatic carbocycles. The van der Waals surface area contributed by atoms with E-state index in [0.29, 0.717) is 16.5 Å². The van der Waals surface area contributed by atoms with E-state index < -0.39 is 0 Å². The number of nitrogens with one attached hydrogen (secondary N) is 2. The molecule has 2 aromatic carbocycles. The summed E-state index contributed by atoms with van der Waals surface area (Å²) in [5.74, 6) is 0.423. The van der Waals surface area contributed by atoms with Crippen LogP contribution < -0.4 is 15.4 Å². The van der Waals surface area contributed by atoms with Crippen LogP contribution >= 0.6 is 27.5 Å². The van der Waals surface area contributed by atoms with Crippen molar-refractivity contribution >= 4 is 44.8 Å². The zero-order valence-corrected chi connectivity index (χ0v) is 14.6. The molecule has 4 nitrogen and oxygen atoms in total. The van der Waals surface area contributed by atoms with Crippen molar-refractivity contribution < 1.29 is 9.53 Å². The fourth-order valence-electron chi connectivity index (χ4n) is 1.95. The number of halogens is 2. The minimum atomic E-state index is -0.149. The number of methoxy groups -OCH3 is 1. The molecule has 0 bridgehead atoms. The van der Waals surface area contributed by atoms with Crippen molar-refractivity contribution in [3.05, 3.63) is 51.5 Å². The summed E-state index contributed by atoms with van der Waals surface area (Å²) in [4.78, 5) is 12.0. The minimum absolute atomic E-state index is 0.149. The third-order valence-electron chi connectivity index (χ3n) is 3.06. The third-order valence-corrected chi connectivity index (χ3v) is 3.85. The molecule has 0 atom stereocenters. The van der Waals surface area contributed by atoms with Crippen LogP contribution in [0.2, 0.25) is 5.02 Å². The molecule has 0 saturated carbocycles.